The summed E-state index contributed by atoms with van der Waals surface area (Å²) in [6, 6.07) is 0. The highest BCUT2D eigenvalue weighted by molar-refractivity contribution is 5.69. The summed E-state index contributed by atoms with van der Waals surface area (Å²) in [4.78, 5) is 13.6. The summed E-state index contributed by atoms with van der Waals surface area (Å²) in [7, 11) is 3.98. The van der Waals surface area contributed by atoms with Gasteiger partial charge < -0.3 is 9.64 Å². The number of esters is 1. The van der Waals surface area contributed by atoms with E-state index >= 15 is 0 Å². The molecule has 0 aliphatic carbocycles. The zero-order valence-corrected chi connectivity index (χ0v) is 24.3. The van der Waals surface area contributed by atoms with Crippen molar-refractivity contribution in [2.75, 3.05) is 27.2 Å². The molecular weight excluding hydrogens is 430 g/mol. The monoisotopic (exact) mass is 493 g/mol. The van der Waals surface area contributed by atoms with Crippen molar-refractivity contribution in [3.8, 4) is 0 Å². The Kier molecular flexibility index (Phi) is 28.7. The van der Waals surface area contributed by atoms with Gasteiger partial charge in [-0.2, -0.15) is 0 Å². The molecular formula is C32H63NO2. The molecule has 0 atom stereocenters. The number of hydrogen-bond acceptors (Lipinski definition) is 3. The van der Waals surface area contributed by atoms with E-state index in [-0.39, 0.29) is 5.97 Å². The lowest BCUT2D eigenvalue weighted by molar-refractivity contribution is -0.144. The van der Waals surface area contributed by atoms with Gasteiger partial charge in [0.2, 0.25) is 0 Å². The minimum Gasteiger partial charge on any atom is -0.464 e. The molecule has 0 unspecified atom stereocenters. The minimum absolute atomic E-state index is 0.0381. The van der Waals surface area contributed by atoms with E-state index < -0.39 is 0 Å². The summed E-state index contributed by atoms with van der Waals surface area (Å²) in [5, 5.41) is 0. The van der Waals surface area contributed by atoms with Crippen molar-refractivity contribution in [2.45, 2.75) is 161 Å². The van der Waals surface area contributed by atoms with Crippen molar-refractivity contribution in [3.63, 3.8) is 0 Å². The molecule has 35 heavy (non-hydrogen) atoms. The molecule has 0 heterocycles. The Hall–Kier alpha value is -0.830. The summed E-state index contributed by atoms with van der Waals surface area (Å²) >= 11 is 0. The molecule has 0 N–H and O–H groups in total. The maximum Gasteiger partial charge on any atom is 0.305 e. The molecule has 0 aromatic carbocycles. The van der Waals surface area contributed by atoms with Gasteiger partial charge in [-0.1, -0.05) is 135 Å². The largest absolute Gasteiger partial charge is 0.464 e. The average molecular weight is 494 g/mol. The van der Waals surface area contributed by atoms with Crippen LogP contribution in [-0.4, -0.2) is 38.1 Å². The van der Waals surface area contributed by atoms with Gasteiger partial charge >= 0.3 is 5.97 Å². The van der Waals surface area contributed by atoms with E-state index in [4.69, 9.17) is 4.74 Å². The molecule has 0 spiro atoms. The van der Waals surface area contributed by atoms with E-state index in [2.05, 4.69) is 19.1 Å². The lowest BCUT2D eigenvalue weighted by Gasteiger charge is -2.09. The van der Waals surface area contributed by atoms with E-state index in [1.807, 2.05) is 19.0 Å². The van der Waals surface area contributed by atoms with Crippen LogP contribution >= 0.6 is 0 Å². The number of unbranched alkanes of at least 4 members (excludes halogenated alkanes) is 21. The molecule has 0 aliphatic heterocycles. The Morgan fingerprint density at radius 2 is 0.943 bits per heavy atom. The molecule has 3 nitrogen and oxygen atoms in total. The Morgan fingerprint density at radius 3 is 1.34 bits per heavy atom. The third-order valence-corrected chi connectivity index (χ3v) is 6.94. The molecule has 0 saturated heterocycles. The van der Waals surface area contributed by atoms with E-state index in [0.717, 1.165) is 19.4 Å². The van der Waals surface area contributed by atoms with Crippen molar-refractivity contribution in [3.05, 3.63) is 12.2 Å². The zero-order chi connectivity index (χ0) is 25.7. The fourth-order valence-electron chi connectivity index (χ4n) is 4.52. The molecule has 208 valence electrons. The first kappa shape index (κ1) is 34.2. The van der Waals surface area contributed by atoms with Crippen molar-refractivity contribution < 1.29 is 9.53 Å². The van der Waals surface area contributed by atoms with Gasteiger partial charge in [0.25, 0.3) is 0 Å². The van der Waals surface area contributed by atoms with Crippen LogP contribution in [-0.2, 0) is 9.53 Å². The predicted octanol–water partition coefficient (Wildman–Crippen LogP) is 10.0. The second-order valence-electron chi connectivity index (χ2n) is 10.9. The van der Waals surface area contributed by atoms with Gasteiger partial charge in [0.05, 0.1) is 0 Å². The lowest BCUT2D eigenvalue weighted by atomic mass is 10.0. The fraction of sp³-hybridized carbons (Fsp3) is 0.906. The van der Waals surface area contributed by atoms with Crippen LogP contribution in [0.25, 0.3) is 0 Å². The number of carbonyl (C=O) groups is 1. The van der Waals surface area contributed by atoms with Gasteiger partial charge in [-0.3, -0.25) is 4.79 Å². The van der Waals surface area contributed by atoms with E-state index in [1.165, 1.54) is 135 Å². The summed E-state index contributed by atoms with van der Waals surface area (Å²) in [6.45, 7) is 3.61. The van der Waals surface area contributed by atoms with Crippen molar-refractivity contribution in [1.29, 1.82) is 0 Å². The fourth-order valence-corrected chi connectivity index (χ4v) is 4.52. The average Bonchev–Trinajstić information content (AvgIpc) is 2.83. The Bertz CT molecular complexity index is 447. The molecule has 3 heteroatoms. The standard InChI is InChI=1S/C32H63NO2/c1-4-5-6-7-8-9-10-11-12-13-14-15-16-17-18-19-20-21-22-23-24-25-26-27-28-29-32(34)35-31-30-33(2)3/h21-22H,4-20,23-31H2,1-3H3. The number of nitrogens with zero attached hydrogens (tertiary/aromatic N) is 1. The Labute approximate surface area is 220 Å². The molecule has 0 aromatic rings. The number of allylic oxidation sites excluding steroid dienone is 2. The van der Waals surface area contributed by atoms with Crippen LogP contribution in [0.5, 0.6) is 0 Å². The van der Waals surface area contributed by atoms with Crippen LogP contribution in [0, 0.1) is 0 Å². The Morgan fingerprint density at radius 1 is 0.571 bits per heavy atom. The molecule has 0 saturated carbocycles. The molecule has 0 aliphatic rings. The smallest absolute Gasteiger partial charge is 0.305 e. The lowest BCUT2D eigenvalue weighted by Crippen LogP contribution is -2.20. The molecule has 0 aromatic heterocycles. The van der Waals surface area contributed by atoms with Gasteiger partial charge in [0.15, 0.2) is 0 Å². The number of rotatable bonds is 28. The van der Waals surface area contributed by atoms with Crippen LogP contribution in [0.3, 0.4) is 0 Å². The normalized spacial score (nSPS) is 11.7. The SMILES string of the molecule is CCCCCCCCCCCCCCCCCCC=CCCCCCCCC(=O)OCCN(C)C. The summed E-state index contributed by atoms with van der Waals surface area (Å²) < 4.78 is 5.22. The number of likely N-dealkylation sites (N-methyl/N-ethyl adjacent to an activating group) is 1. The van der Waals surface area contributed by atoms with Gasteiger partial charge in [0.1, 0.15) is 6.61 Å². The first-order valence-electron chi connectivity index (χ1n) is 15.6. The van der Waals surface area contributed by atoms with Crippen molar-refractivity contribution in [1.82, 2.24) is 4.90 Å². The molecule has 0 rings (SSSR count). The predicted molar refractivity (Wildman–Crippen MR) is 155 cm³/mol. The second kappa shape index (κ2) is 29.4. The van der Waals surface area contributed by atoms with Crippen LogP contribution < -0.4 is 0 Å². The third-order valence-electron chi connectivity index (χ3n) is 6.94. The van der Waals surface area contributed by atoms with Gasteiger partial charge in [0, 0.05) is 13.0 Å². The number of hydrogen-bond donors (Lipinski definition) is 0. The zero-order valence-electron chi connectivity index (χ0n) is 24.3. The second-order valence-corrected chi connectivity index (χ2v) is 10.9. The van der Waals surface area contributed by atoms with Crippen LogP contribution in [0.15, 0.2) is 12.2 Å². The van der Waals surface area contributed by atoms with Crippen LogP contribution in [0.2, 0.25) is 0 Å². The van der Waals surface area contributed by atoms with Crippen molar-refractivity contribution in [2.24, 2.45) is 0 Å². The van der Waals surface area contributed by atoms with Crippen molar-refractivity contribution >= 4 is 5.97 Å². The highest BCUT2D eigenvalue weighted by Crippen LogP contribution is 2.14. The third kappa shape index (κ3) is 31.1. The van der Waals surface area contributed by atoms with E-state index in [0.29, 0.717) is 13.0 Å². The maximum atomic E-state index is 11.6. The summed E-state index contributed by atoms with van der Waals surface area (Å²) in [5.41, 5.74) is 0. The van der Waals surface area contributed by atoms with Gasteiger partial charge in [-0.15, -0.1) is 0 Å². The first-order chi connectivity index (χ1) is 17.2. The quantitative estimate of drug-likeness (QED) is 0.0616. The van der Waals surface area contributed by atoms with Crippen LogP contribution in [0.1, 0.15) is 161 Å². The van der Waals surface area contributed by atoms with Gasteiger partial charge in [-0.25, -0.2) is 0 Å². The molecule has 0 amide bonds. The molecule has 0 fully saturated rings. The molecule has 0 bridgehead atoms. The number of carbonyl (C=O) groups excluding carboxylic acids is 1. The topological polar surface area (TPSA) is 29.5 Å². The maximum absolute atomic E-state index is 11.6. The van der Waals surface area contributed by atoms with Gasteiger partial charge in [-0.05, 0) is 46.2 Å². The summed E-state index contributed by atoms with van der Waals surface area (Å²) in [5.74, 6) is -0.0381. The van der Waals surface area contributed by atoms with E-state index in [9.17, 15) is 4.79 Å². The molecule has 0 radical (unpaired) electrons. The highest BCUT2D eigenvalue weighted by atomic mass is 16.5. The summed E-state index contributed by atoms with van der Waals surface area (Å²) in [6.07, 6.45) is 36.8. The highest BCUT2D eigenvalue weighted by Gasteiger charge is 2.02. The minimum atomic E-state index is -0.0381. The first-order valence-corrected chi connectivity index (χ1v) is 15.6. The number of ether oxygens (including phenoxy) is 1. The Balaban J connectivity index is 3.16. The van der Waals surface area contributed by atoms with E-state index in [1.54, 1.807) is 0 Å². The van der Waals surface area contributed by atoms with Crippen LogP contribution in [0.4, 0.5) is 0 Å².